The highest BCUT2D eigenvalue weighted by Gasteiger charge is 2.31. The summed E-state index contributed by atoms with van der Waals surface area (Å²) in [4.78, 5) is 5.17. The second-order valence-corrected chi connectivity index (χ2v) is 9.83. The number of hydrogen-bond acceptors (Lipinski definition) is 8. The molecular weight excluding hydrogens is 398 g/mol. The highest BCUT2D eigenvalue weighted by atomic mass is 32.2. The lowest BCUT2D eigenvalue weighted by Gasteiger charge is -2.10. The molecule has 10 heteroatoms. The Labute approximate surface area is 166 Å². The number of aromatic nitrogens is 4. The van der Waals surface area contributed by atoms with E-state index in [0.717, 1.165) is 16.1 Å². The minimum Gasteiger partial charge on any atom is -0.333 e. The van der Waals surface area contributed by atoms with Crippen LogP contribution in [0.5, 0.6) is 0 Å². The number of nitriles is 1. The largest absolute Gasteiger partial charge is 0.333 e. The van der Waals surface area contributed by atoms with Gasteiger partial charge in [0, 0.05) is 11.3 Å². The van der Waals surface area contributed by atoms with Crippen LogP contribution in [0, 0.1) is 25.2 Å². The third kappa shape index (κ3) is 3.39. The predicted molar refractivity (Wildman–Crippen MR) is 105 cm³/mol. The molecular formula is C18H17N5O3S2. The number of rotatable bonds is 4. The topological polar surface area (TPSA) is 115 Å². The fraction of sp³-hybridized carbons (Fsp3) is 0.333. The fourth-order valence-electron chi connectivity index (χ4n) is 3.33. The predicted octanol–water partition coefficient (Wildman–Crippen LogP) is 3.04. The van der Waals surface area contributed by atoms with Crippen LogP contribution in [-0.2, 0) is 9.84 Å². The van der Waals surface area contributed by atoms with Crippen LogP contribution < -0.4 is 0 Å². The molecule has 0 aliphatic carbocycles. The van der Waals surface area contributed by atoms with Gasteiger partial charge < -0.3 is 4.52 Å². The molecule has 144 valence electrons. The van der Waals surface area contributed by atoms with Gasteiger partial charge in [-0.25, -0.2) is 8.42 Å². The number of allylic oxidation sites excluding steroid dienone is 1. The normalized spacial score (nSPS) is 19.0. The molecule has 1 aliphatic rings. The summed E-state index contributed by atoms with van der Waals surface area (Å²) in [6, 6.07) is 5.70. The van der Waals surface area contributed by atoms with E-state index < -0.39 is 9.84 Å². The summed E-state index contributed by atoms with van der Waals surface area (Å²) in [6.07, 6.45) is 2.22. The minimum atomic E-state index is -3.01. The second-order valence-electron chi connectivity index (χ2n) is 6.66. The fourth-order valence-corrected chi connectivity index (χ4v) is 5.67. The smallest absolute Gasteiger partial charge is 0.268 e. The lowest BCUT2D eigenvalue weighted by molar-refractivity contribution is 0.409. The molecule has 0 bridgehead atoms. The molecule has 0 radical (unpaired) electrons. The van der Waals surface area contributed by atoms with E-state index in [1.54, 1.807) is 10.8 Å². The Morgan fingerprint density at radius 1 is 1.46 bits per heavy atom. The zero-order valence-corrected chi connectivity index (χ0v) is 16.9. The van der Waals surface area contributed by atoms with Gasteiger partial charge in [-0.15, -0.1) is 11.3 Å². The van der Waals surface area contributed by atoms with Crippen molar-refractivity contribution in [3.8, 4) is 16.8 Å². The van der Waals surface area contributed by atoms with Crippen LogP contribution in [0.3, 0.4) is 0 Å². The van der Waals surface area contributed by atoms with Gasteiger partial charge >= 0.3 is 0 Å². The van der Waals surface area contributed by atoms with Gasteiger partial charge in [-0.3, -0.25) is 4.68 Å². The van der Waals surface area contributed by atoms with Crippen molar-refractivity contribution < 1.29 is 12.9 Å². The van der Waals surface area contributed by atoms with Crippen molar-refractivity contribution in [2.24, 2.45) is 0 Å². The summed E-state index contributed by atoms with van der Waals surface area (Å²) in [6.45, 7) is 3.70. The zero-order chi connectivity index (χ0) is 19.9. The molecule has 3 aromatic heterocycles. The highest BCUT2D eigenvalue weighted by molar-refractivity contribution is 7.91. The van der Waals surface area contributed by atoms with E-state index in [1.165, 1.54) is 11.3 Å². The second kappa shape index (κ2) is 7.00. The Balaban J connectivity index is 1.69. The summed E-state index contributed by atoms with van der Waals surface area (Å²) in [5.74, 6) is 0.849. The molecule has 1 aliphatic heterocycles. The standard InChI is InChI=1S/C18H17N5O3S2/c1-11-15(12(2)23(21-11)14-5-7-28(24,25)10-14)8-13(9-19)18-20-17(22-26-18)16-4-3-6-27-16/h3-4,6,8,14H,5,7,10H2,1-2H3/b13-8+/t14-/m1/s1. The Hall–Kier alpha value is -2.77. The van der Waals surface area contributed by atoms with Gasteiger partial charge in [0.25, 0.3) is 5.89 Å². The minimum absolute atomic E-state index is 0.0943. The first kappa shape index (κ1) is 18.6. The number of aryl methyl sites for hydroxylation is 1. The average molecular weight is 416 g/mol. The molecule has 1 saturated heterocycles. The van der Waals surface area contributed by atoms with Gasteiger partial charge in [0.05, 0.1) is 28.1 Å². The van der Waals surface area contributed by atoms with E-state index in [0.29, 0.717) is 17.9 Å². The van der Waals surface area contributed by atoms with Crippen molar-refractivity contribution in [2.75, 3.05) is 11.5 Å². The van der Waals surface area contributed by atoms with Crippen molar-refractivity contribution in [3.63, 3.8) is 0 Å². The van der Waals surface area contributed by atoms with Gasteiger partial charge in [0.15, 0.2) is 9.84 Å². The maximum Gasteiger partial charge on any atom is 0.268 e. The SMILES string of the molecule is Cc1nn([C@@H]2CCS(=O)(=O)C2)c(C)c1/C=C(\C#N)c1nc(-c2cccs2)no1. The van der Waals surface area contributed by atoms with Crippen molar-refractivity contribution in [2.45, 2.75) is 26.3 Å². The molecule has 28 heavy (non-hydrogen) atoms. The molecule has 0 aromatic carbocycles. The first-order chi connectivity index (χ1) is 13.4. The van der Waals surface area contributed by atoms with Crippen LogP contribution in [0.2, 0.25) is 0 Å². The summed E-state index contributed by atoms with van der Waals surface area (Å²) in [5.41, 5.74) is 2.52. The molecule has 8 nitrogen and oxygen atoms in total. The molecule has 0 N–H and O–H groups in total. The highest BCUT2D eigenvalue weighted by Crippen LogP contribution is 2.29. The van der Waals surface area contributed by atoms with Crippen LogP contribution in [0.4, 0.5) is 0 Å². The number of sulfone groups is 1. The molecule has 0 saturated carbocycles. The summed E-state index contributed by atoms with van der Waals surface area (Å²) in [5, 5.41) is 20.0. The lowest BCUT2D eigenvalue weighted by Crippen LogP contribution is -2.13. The Kier molecular flexibility index (Phi) is 4.64. The third-order valence-corrected chi connectivity index (χ3v) is 7.36. The van der Waals surface area contributed by atoms with Crippen LogP contribution in [0.25, 0.3) is 22.4 Å². The van der Waals surface area contributed by atoms with Crippen LogP contribution in [-0.4, -0.2) is 39.8 Å². The zero-order valence-electron chi connectivity index (χ0n) is 15.3. The molecule has 4 heterocycles. The van der Waals surface area contributed by atoms with E-state index in [2.05, 4.69) is 21.3 Å². The van der Waals surface area contributed by atoms with Gasteiger partial charge in [0.1, 0.15) is 11.6 Å². The van der Waals surface area contributed by atoms with E-state index >= 15 is 0 Å². The van der Waals surface area contributed by atoms with E-state index in [4.69, 9.17) is 4.52 Å². The molecule has 1 atom stereocenters. The molecule has 0 unspecified atom stereocenters. The van der Waals surface area contributed by atoms with Gasteiger partial charge in [-0.05, 0) is 37.8 Å². The quantitative estimate of drug-likeness (QED) is 0.602. The van der Waals surface area contributed by atoms with Gasteiger partial charge in [-0.2, -0.15) is 15.3 Å². The first-order valence-corrected chi connectivity index (χ1v) is 11.3. The molecule has 4 rings (SSSR count). The van der Waals surface area contributed by atoms with Crippen LogP contribution in [0.15, 0.2) is 22.0 Å². The van der Waals surface area contributed by atoms with Crippen molar-refractivity contribution in [1.29, 1.82) is 5.26 Å². The van der Waals surface area contributed by atoms with E-state index in [1.807, 2.05) is 31.4 Å². The van der Waals surface area contributed by atoms with Crippen molar-refractivity contribution in [3.05, 3.63) is 40.4 Å². The molecule has 1 fully saturated rings. The summed E-state index contributed by atoms with van der Waals surface area (Å²) >= 11 is 1.48. The van der Waals surface area contributed by atoms with E-state index in [-0.39, 0.29) is 29.0 Å². The maximum absolute atomic E-state index is 11.8. The van der Waals surface area contributed by atoms with Gasteiger partial charge in [-0.1, -0.05) is 11.2 Å². The monoisotopic (exact) mass is 415 g/mol. The average Bonchev–Trinajstić information content (AvgIpc) is 3.42. The van der Waals surface area contributed by atoms with Crippen molar-refractivity contribution >= 4 is 32.8 Å². The first-order valence-electron chi connectivity index (χ1n) is 8.64. The number of thiophene rings is 1. The van der Waals surface area contributed by atoms with Gasteiger partial charge in [0.2, 0.25) is 5.82 Å². The number of nitrogens with zero attached hydrogens (tertiary/aromatic N) is 5. The van der Waals surface area contributed by atoms with E-state index in [9.17, 15) is 13.7 Å². The number of hydrogen-bond donors (Lipinski definition) is 0. The molecule has 0 amide bonds. The molecule has 3 aromatic rings. The van der Waals surface area contributed by atoms with Crippen LogP contribution in [0.1, 0.15) is 35.3 Å². The maximum atomic E-state index is 11.8. The summed E-state index contributed by atoms with van der Waals surface area (Å²) < 4.78 is 30.6. The lowest BCUT2D eigenvalue weighted by atomic mass is 10.1. The molecule has 0 spiro atoms. The Bertz CT molecular complexity index is 1200. The summed E-state index contributed by atoms with van der Waals surface area (Å²) in [7, 11) is -3.01. The third-order valence-electron chi connectivity index (χ3n) is 4.74. The Morgan fingerprint density at radius 3 is 2.93 bits per heavy atom. The van der Waals surface area contributed by atoms with Crippen molar-refractivity contribution in [1.82, 2.24) is 19.9 Å². The van der Waals surface area contributed by atoms with Crippen LogP contribution >= 0.6 is 11.3 Å². The Morgan fingerprint density at radius 2 is 2.29 bits per heavy atom.